The van der Waals surface area contributed by atoms with E-state index >= 15 is 0 Å². The van der Waals surface area contributed by atoms with Crippen LogP contribution >= 0.6 is 58.0 Å². The molecule has 1 rings (SSSR count). The zero-order valence-corrected chi connectivity index (χ0v) is 11.9. The lowest BCUT2D eigenvalue weighted by Gasteiger charge is -2.14. The second-order valence-electron chi connectivity index (χ2n) is 3.08. The van der Waals surface area contributed by atoms with Crippen LogP contribution in [0.3, 0.4) is 0 Å². The van der Waals surface area contributed by atoms with Crippen LogP contribution < -0.4 is 0 Å². The Labute approximate surface area is 123 Å². The van der Waals surface area contributed by atoms with Crippen molar-refractivity contribution in [3.05, 3.63) is 43.9 Å². The zero-order chi connectivity index (χ0) is 13.3. The Morgan fingerprint density at radius 2 is 1.71 bits per heavy atom. The lowest BCUT2D eigenvalue weighted by molar-refractivity contribution is -0.132. The Kier molecular flexibility index (Phi) is 4.99. The summed E-state index contributed by atoms with van der Waals surface area (Å²) in [6.45, 7) is 3.34. The Morgan fingerprint density at radius 3 is 2.18 bits per heavy atom. The quantitative estimate of drug-likeness (QED) is 0.356. The molecule has 0 radical (unpaired) electrons. The Hall–Kier alpha value is -0.120. The van der Waals surface area contributed by atoms with Gasteiger partial charge in [0.2, 0.25) is 0 Å². The number of hydrogen-bond donors (Lipinski definition) is 1. The summed E-state index contributed by atoms with van der Waals surface area (Å²) in [5.41, 5.74) is 0.0168. The van der Waals surface area contributed by atoms with Crippen LogP contribution in [0.1, 0.15) is 10.9 Å². The van der Waals surface area contributed by atoms with Crippen LogP contribution in [0.5, 0.6) is 0 Å². The Morgan fingerprint density at radius 1 is 1.18 bits per heavy atom. The predicted molar refractivity (Wildman–Crippen MR) is 71.9 cm³/mol. The fraction of sp³-hybridized carbons (Fsp3) is 0.100. The first kappa shape index (κ1) is 14.9. The minimum atomic E-state index is -1.23. The zero-order valence-electron chi connectivity index (χ0n) is 8.11. The summed E-state index contributed by atoms with van der Waals surface area (Å²) in [7, 11) is 0. The van der Waals surface area contributed by atoms with E-state index in [9.17, 15) is 4.79 Å². The lowest BCUT2D eigenvalue weighted by atomic mass is 10.1. The molecular weight excluding hydrogens is 329 g/mol. The summed E-state index contributed by atoms with van der Waals surface area (Å²) >= 11 is 29.3. The molecule has 1 atom stereocenters. The van der Waals surface area contributed by atoms with Gasteiger partial charge < -0.3 is 5.11 Å². The number of halogens is 5. The van der Waals surface area contributed by atoms with E-state index in [1.165, 1.54) is 6.07 Å². The van der Waals surface area contributed by atoms with E-state index in [1.807, 2.05) is 0 Å². The predicted octanol–water partition coefficient (Wildman–Crippen LogP) is 5.22. The maximum absolute atomic E-state index is 10.7. The first-order valence-corrected chi connectivity index (χ1v) is 6.11. The monoisotopic (exact) mass is 332 g/mol. The molecular formula is C10H5Cl5O2. The first-order chi connectivity index (χ1) is 7.77. The molecule has 0 aliphatic carbocycles. The molecule has 0 saturated heterocycles. The number of aliphatic carboxylic acids is 1. The van der Waals surface area contributed by atoms with Crippen molar-refractivity contribution in [2.24, 2.45) is 0 Å². The van der Waals surface area contributed by atoms with Gasteiger partial charge >= 0.3 is 5.97 Å². The van der Waals surface area contributed by atoms with Gasteiger partial charge in [-0.2, -0.15) is 0 Å². The molecule has 0 spiro atoms. The molecule has 0 aromatic heterocycles. The molecule has 17 heavy (non-hydrogen) atoms. The Balaban J connectivity index is 3.33. The van der Waals surface area contributed by atoms with Gasteiger partial charge in [-0.1, -0.05) is 53.0 Å². The third-order valence-corrected chi connectivity index (χ3v) is 4.25. The summed E-state index contributed by atoms with van der Waals surface area (Å²) in [5, 5.41) is 8.06. The van der Waals surface area contributed by atoms with Crippen molar-refractivity contribution >= 4 is 64.0 Å². The first-order valence-electron chi connectivity index (χ1n) is 4.16. The molecule has 92 valence electrons. The van der Waals surface area contributed by atoms with Gasteiger partial charge in [-0.3, -0.25) is 0 Å². The highest BCUT2D eigenvalue weighted by molar-refractivity contribution is 6.52. The van der Waals surface area contributed by atoms with E-state index in [4.69, 9.17) is 63.1 Å². The molecule has 0 amide bonds. The third kappa shape index (κ3) is 3.01. The van der Waals surface area contributed by atoms with Crippen LogP contribution in [-0.4, -0.2) is 11.1 Å². The van der Waals surface area contributed by atoms with E-state index in [2.05, 4.69) is 6.58 Å². The SMILES string of the molecule is C=C(C(=O)O)C(Cl)c1cc(Cl)c(Cl)c(Cl)c1Cl. The number of hydrogen-bond acceptors (Lipinski definition) is 1. The van der Waals surface area contributed by atoms with Crippen LogP contribution in [0.25, 0.3) is 0 Å². The molecule has 7 heteroatoms. The van der Waals surface area contributed by atoms with Gasteiger partial charge in [-0.25, -0.2) is 4.79 Å². The smallest absolute Gasteiger partial charge is 0.332 e. The standard InChI is InChI=1S/C10H5Cl5O2/c1-3(10(16)17)6(12)4-2-5(11)8(14)9(15)7(4)13/h2,6H,1H2,(H,16,17). The van der Waals surface area contributed by atoms with Crippen LogP contribution in [0.15, 0.2) is 18.2 Å². The molecule has 0 heterocycles. The number of carboxylic acid groups (broad SMARTS) is 1. The van der Waals surface area contributed by atoms with Crippen molar-refractivity contribution in [2.75, 3.05) is 0 Å². The molecule has 0 aliphatic heterocycles. The van der Waals surface area contributed by atoms with Gasteiger partial charge in [0.25, 0.3) is 0 Å². The number of rotatable bonds is 3. The van der Waals surface area contributed by atoms with Gasteiger partial charge in [-0.15, -0.1) is 11.6 Å². The van der Waals surface area contributed by atoms with Gasteiger partial charge in [-0.05, 0) is 11.6 Å². The van der Waals surface area contributed by atoms with Crippen molar-refractivity contribution < 1.29 is 9.90 Å². The second-order valence-corrected chi connectivity index (χ2v) is 5.06. The molecule has 0 fully saturated rings. The van der Waals surface area contributed by atoms with E-state index in [0.717, 1.165) is 0 Å². The van der Waals surface area contributed by atoms with E-state index in [0.29, 0.717) is 0 Å². The summed E-state index contributed by atoms with van der Waals surface area (Å²) < 4.78 is 0. The van der Waals surface area contributed by atoms with E-state index in [-0.39, 0.29) is 31.2 Å². The van der Waals surface area contributed by atoms with Crippen molar-refractivity contribution in [3.8, 4) is 0 Å². The Bertz CT molecular complexity index is 498. The maximum atomic E-state index is 10.7. The molecule has 1 unspecified atom stereocenters. The summed E-state index contributed by atoms with van der Waals surface area (Å²) in [6, 6.07) is 1.36. The van der Waals surface area contributed by atoms with Crippen molar-refractivity contribution in [1.29, 1.82) is 0 Å². The van der Waals surface area contributed by atoms with E-state index < -0.39 is 11.3 Å². The van der Waals surface area contributed by atoms with Crippen molar-refractivity contribution in [3.63, 3.8) is 0 Å². The van der Waals surface area contributed by atoms with E-state index in [1.54, 1.807) is 0 Å². The fourth-order valence-electron chi connectivity index (χ4n) is 1.07. The lowest BCUT2D eigenvalue weighted by Crippen LogP contribution is -2.06. The minimum Gasteiger partial charge on any atom is -0.478 e. The van der Waals surface area contributed by atoms with Gasteiger partial charge in [0.15, 0.2) is 0 Å². The number of carboxylic acids is 1. The van der Waals surface area contributed by atoms with Crippen LogP contribution in [0, 0.1) is 0 Å². The van der Waals surface area contributed by atoms with Gasteiger partial charge in [0.05, 0.1) is 31.0 Å². The largest absolute Gasteiger partial charge is 0.478 e. The highest BCUT2D eigenvalue weighted by Crippen LogP contribution is 2.43. The summed E-state index contributed by atoms with van der Waals surface area (Å²) in [4.78, 5) is 10.7. The highest BCUT2D eigenvalue weighted by Gasteiger charge is 2.23. The normalized spacial score (nSPS) is 12.3. The summed E-state index contributed by atoms with van der Waals surface area (Å²) in [6.07, 6.45) is 0. The topological polar surface area (TPSA) is 37.3 Å². The minimum absolute atomic E-state index is 0.0275. The van der Waals surface area contributed by atoms with Crippen LogP contribution in [0.2, 0.25) is 20.1 Å². The molecule has 1 aromatic carbocycles. The van der Waals surface area contributed by atoms with Crippen molar-refractivity contribution in [2.45, 2.75) is 5.38 Å². The molecule has 0 saturated carbocycles. The van der Waals surface area contributed by atoms with Crippen molar-refractivity contribution in [1.82, 2.24) is 0 Å². The molecule has 0 bridgehead atoms. The number of alkyl halides is 1. The third-order valence-electron chi connectivity index (χ3n) is 1.98. The van der Waals surface area contributed by atoms with Gasteiger partial charge in [0, 0.05) is 0 Å². The highest BCUT2D eigenvalue weighted by atomic mass is 35.5. The molecule has 1 N–H and O–H groups in total. The molecule has 2 nitrogen and oxygen atoms in total. The van der Waals surface area contributed by atoms with Crippen LogP contribution in [-0.2, 0) is 4.79 Å². The fourth-order valence-corrected chi connectivity index (χ4v) is 2.32. The summed E-state index contributed by atoms with van der Waals surface area (Å²) in [5.74, 6) is -1.23. The molecule has 0 aliphatic rings. The second kappa shape index (κ2) is 5.68. The number of carbonyl (C=O) groups is 1. The average molecular weight is 334 g/mol. The van der Waals surface area contributed by atoms with Gasteiger partial charge in [0.1, 0.15) is 0 Å². The molecule has 1 aromatic rings. The number of benzene rings is 1. The average Bonchev–Trinajstić information content (AvgIpc) is 2.29. The van der Waals surface area contributed by atoms with Crippen LogP contribution in [0.4, 0.5) is 0 Å². The maximum Gasteiger partial charge on any atom is 0.332 e.